The van der Waals surface area contributed by atoms with Crippen molar-refractivity contribution in [3.05, 3.63) is 35.6 Å². The summed E-state index contributed by atoms with van der Waals surface area (Å²) in [4.78, 5) is 0. The molecule has 1 heterocycles. The fourth-order valence-electron chi connectivity index (χ4n) is 2.34. The van der Waals surface area contributed by atoms with Crippen LogP contribution in [-0.2, 0) is 9.47 Å². The first-order valence-corrected chi connectivity index (χ1v) is 7.37. The molecule has 0 aromatic heterocycles. The van der Waals surface area contributed by atoms with Crippen molar-refractivity contribution in [3.8, 4) is 0 Å². The zero-order chi connectivity index (χ0) is 14.4. The summed E-state index contributed by atoms with van der Waals surface area (Å²) in [6.07, 6.45) is 1.91. The van der Waals surface area contributed by atoms with Crippen molar-refractivity contribution in [2.24, 2.45) is 0 Å². The van der Waals surface area contributed by atoms with Gasteiger partial charge in [0.05, 0.1) is 12.2 Å². The highest BCUT2D eigenvalue weighted by Crippen LogP contribution is 2.23. The van der Waals surface area contributed by atoms with Crippen LogP contribution in [0.3, 0.4) is 0 Å². The smallest absolute Gasteiger partial charge is 0.123 e. The molecule has 0 bridgehead atoms. The summed E-state index contributed by atoms with van der Waals surface area (Å²) in [5.74, 6) is -0.215. The molecule has 3 nitrogen and oxygen atoms in total. The van der Waals surface area contributed by atoms with E-state index in [4.69, 9.17) is 9.47 Å². The van der Waals surface area contributed by atoms with Crippen LogP contribution in [0.5, 0.6) is 0 Å². The molecule has 1 aliphatic rings. The lowest BCUT2D eigenvalue weighted by Crippen LogP contribution is -2.33. The van der Waals surface area contributed by atoms with Gasteiger partial charge in [-0.2, -0.15) is 0 Å². The Balaban J connectivity index is 2.02. The lowest BCUT2D eigenvalue weighted by molar-refractivity contribution is -0.0694. The third-order valence-electron chi connectivity index (χ3n) is 3.46. The van der Waals surface area contributed by atoms with E-state index in [9.17, 15) is 4.39 Å². The lowest BCUT2D eigenvalue weighted by atomic mass is 10.1. The standard InChI is InChI=1S/C16H24FNO2/c1-12(2)18-11-16(13-4-3-5-14(17)10-13)20-15-6-8-19-9-7-15/h3-5,10,12,15-16,18H,6-9,11H2,1-2H3. The van der Waals surface area contributed by atoms with E-state index >= 15 is 0 Å². The van der Waals surface area contributed by atoms with Crippen molar-refractivity contribution >= 4 is 0 Å². The highest BCUT2D eigenvalue weighted by molar-refractivity contribution is 5.19. The van der Waals surface area contributed by atoms with Gasteiger partial charge in [-0.05, 0) is 30.5 Å². The van der Waals surface area contributed by atoms with E-state index in [0.29, 0.717) is 12.6 Å². The van der Waals surface area contributed by atoms with Crippen LogP contribution < -0.4 is 5.32 Å². The lowest BCUT2D eigenvalue weighted by Gasteiger charge is -2.28. The fourth-order valence-corrected chi connectivity index (χ4v) is 2.34. The molecule has 1 aromatic carbocycles. The molecule has 1 saturated heterocycles. The zero-order valence-electron chi connectivity index (χ0n) is 12.3. The van der Waals surface area contributed by atoms with Crippen LogP contribution in [0.2, 0.25) is 0 Å². The molecular weight excluding hydrogens is 257 g/mol. The molecule has 4 heteroatoms. The van der Waals surface area contributed by atoms with E-state index in [1.807, 2.05) is 6.07 Å². The Hall–Kier alpha value is -0.970. The number of hydrogen-bond donors (Lipinski definition) is 1. The highest BCUT2D eigenvalue weighted by Gasteiger charge is 2.21. The van der Waals surface area contributed by atoms with Gasteiger partial charge in [0.15, 0.2) is 0 Å². The summed E-state index contributed by atoms with van der Waals surface area (Å²) < 4.78 is 24.9. The second-order valence-corrected chi connectivity index (χ2v) is 5.55. The molecule has 1 N–H and O–H groups in total. The Labute approximate surface area is 120 Å². The zero-order valence-corrected chi connectivity index (χ0v) is 12.3. The van der Waals surface area contributed by atoms with Gasteiger partial charge in [0.1, 0.15) is 5.82 Å². The number of benzene rings is 1. The third-order valence-corrected chi connectivity index (χ3v) is 3.46. The van der Waals surface area contributed by atoms with Crippen LogP contribution in [0, 0.1) is 5.82 Å². The van der Waals surface area contributed by atoms with Crippen molar-refractivity contribution in [2.75, 3.05) is 19.8 Å². The Morgan fingerprint density at radius 2 is 2.10 bits per heavy atom. The number of nitrogens with one attached hydrogen (secondary N) is 1. The molecule has 0 amide bonds. The van der Waals surface area contributed by atoms with Crippen molar-refractivity contribution in [2.45, 2.75) is 44.9 Å². The van der Waals surface area contributed by atoms with E-state index < -0.39 is 0 Å². The topological polar surface area (TPSA) is 30.5 Å². The van der Waals surface area contributed by atoms with E-state index in [-0.39, 0.29) is 18.0 Å². The molecule has 20 heavy (non-hydrogen) atoms. The molecule has 2 rings (SSSR count). The molecule has 0 aliphatic carbocycles. The van der Waals surface area contributed by atoms with Gasteiger partial charge in [-0.3, -0.25) is 0 Å². The Morgan fingerprint density at radius 1 is 1.35 bits per heavy atom. The number of ether oxygens (including phenoxy) is 2. The third kappa shape index (κ3) is 4.85. The van der Waals surface area contributed by atoms with E-state index in [2.05, 4.69) is 19.2 Å². The van der Waals surface area contributed by atoms with E-state index in [1.54, 1.807) is 12.1 Å². The average molecular weight is 281 g/mol. The van der Waals surface area contributed by atoms with Gasteiger partial charge >= 0.3 is 0 Å². The Morgan fingerprint density at radius 3 is 2.75 bits per heavy atom. The predicted octanol–water partition coefficient (Wildman–Crippen LogP) is 3.06. The Kier molecular flexibility index (Phi) is 5.95. The van der Waals surface area contributed by atoms with E-state index in [0.717, 1.165) is 31.6 Å². The van der Waals surface area contributed by atoms with Gasteiger partial charge in [-0.25, -0.2) is 4.39 Å². The van der Waals surface area contributed by atoms with Crippen LogP contribution in [0.1, 0.15) is 38.4 Å². The van der Waals surface area contributed by atoms with Crippen LogP contribution in [0.15, 0.2) is 24.3 Å². The number of halogens is 1. The first-order chi connectivity index (χ1) is 9.65. The minimum atomic E-state index is -0.215. The van der Waals surface area contributed by atoms with Crippen LogP contribution in [0.4, 0.5) is 4.39 Å². The fraction of sp³-hybridized carbons (Fsp3) is 0.625. The molecule has 1 aromatic rings. The van der Waals surface area contributed by atoms with Gasteiger partial charge < -0.3 is 14.8 Å². The summed E-state index contributed by atoms with van der Waals surface area (Å²) in [5.41, 5.74) is 0.893. The molecule has 1 aliphatic heterocycles. The van der Waals surface area contributed by atoms with Gasteiger partial charge in [0, 0.05) is 25.8 Å². The van der Waals surface area contributed by atoms with Crippen LogP contribution >= 0.6 is 0 Å². The maximum Gasteiger partial charge on any atom is 0.123 e. The number of rotatable bonds is 6. The normalized spacial score (nSPS) is 18.4. The molecule has 112 valence electrons. The summed E-state index contributed by atoms with van der Waals surface area (Å²) in [6, 6.07) is 7.07. The maximum atomic E-state index is 13.4. The average Bonchev–Trinajstić information content (AvgIpc) is 2.44. The summed E-state index contributed by atoms with van der Waals surface area (Å²) in [5, 5.41) is 3.37. The molecular formula is C16H24FNO2. The summed E-state index contributed by atoms with van der Waals surface area (Å²) in [6.45, 7) is 6.38. The molecule has 0 radical (unpaired) electrons. The monoisotopic (exact) mass is 281 g/mol. The largest absolute Gasteiger partial charge is 0.381 e. The minimum Gasteiger partial charge on any atom is -0.381 e. The SMILES string of the molecule is CC(C)NCC(OC1CCOCC1)c1cccc(F)c1. The molecule has 0 saturated carbocycles. The Bertz CT molecular complexity index is 405. The van der Waals surface area contributed by atoms with Crippen molar-refractivity contribution in [3.63, 3.8) is 0 Å². The minimum absolute atomic E-state index is 0.115. The van der Waals surface area contributed by atoms with Crippen LogP contribution in [-0.4, -0.2) is 31.9 Å². The second kappa shape index (κ2) is 7.72. The van der Waals surface area contributed by atoms with Gasteiger partial charge in [0.2, 0.25) is 0 Å². The maximum absolute atomic E-state index is 13.4. The summed E-state index contributed by atoms with van der Waals surface area (Å²) in [7, 11) is 0. The van der Waals surface area contributed by atoms with Crippen molar-refractivity contribution < 1.29 is 13.9 Å². The quantitative estimate of drug-likeness (QED) is 0.869. The van der Waals surface area contributed by atoms with Gasteiger partial charge in [0.25, 0.3) is 0 Å². The molecule has 1 fully saturated rings. The van der Waals surface area contributed by atoms with Crippen molar-refractivity contribution in [1.29, 1.82) is 0 Å². The van der Waals surface area contributed by atoms with Crippen molar-refractivity contribution in [1.82, 2.24) is 5.32 Å². The first kappa shape index (κ1) is 15.4. The van der Waals surface area contributed by atoms with Crippen LogP contribution in [0.25, 0.3) is 0 Å². The highest BCUT2D eigenvalue weighted by atomic mass is 19.1. The second-order valence-electron chi connectivity index (χ2n) is 5.55. The van der Waals surface area contributed by atoms with Gasteiger partial charge in [-0.15, -0.1) is 0 Å². The van der Waals surface area contributed by atoms with Gasteiger partial charge in [-0.1, -0.05) is 26.0 Å². The van der Waals surface area contributed by atoms with E-state index in [1.165, 1.54) is 6.07 Å². The number of hydrogen-bond acceptors (Lipinski definition) is 3. The summed E-state index contributed by atoms with van der Waals surface area (Å²) >= 11 is 0. The predicted molar refractivity (Wildman–Crippen MR) is 77.2 cm³/mol. The molecule has 0 spiro atoms. The molecule has 1 atom stereocenters. The first-order valence-electron chi connectivity index (χ1n) is 7.37. The molecule has 1 unspecified atom stereocenters.